The molecule has 0 atom stereocenters. The van der Waals surface area contributed by atoms with Gasteiger partial charge in [-0.05, 0) is 18.6 Å². The number of methoxy groups -OCH3 is 1. The molecule has 0 saturated carbocycles. The van der Waals surface area contributed by atoms with Crippen molar-refractivity contribution in [1.82, 2.24) is 4.90 Å². The second-order valence-electron chi connectivity index (χ2n) is 4.24. The molecule has 0 bridgehead atoms. The molecule has 0 saturated heterocycles. The van der Waals surface area contributed by atoms with Crippen LogP contribution in [0.15, 0.2) is 12.1 Å². The molecular weight excluding hydrogens is 290 g/mol. The van der Waals surface area contributed by atoms with Gasteiger partial charge in [-0.15, -0.1) is 11.3 Å². The molecule has 1 rings (SSSR count). The van der Waals surface area contributed by atoms with Gasteiger partial charge >= 0.3 is 5.97 Å². The Morgan fingerprint density at radius 3 is 2.81 bits per heavy atom. The number of ether oxygens (including phenoxy) is 1. The van der Waals surface area contributed by atoms with Crippen LogP contribution in [0.25, 0.3) is 0 Å². The number of esters is 1. The van der Waals surface area contributed by atoms with Crippen LogP contribution in [0.2, 0.25) is 0 Å². The highest BCUT2D eigenvalue weighted by atomic mass is 32.1. The van der Waals surface area contributed by atoms with Crippen molar-refractivity contribution in [1.29, 1.82) is 0 Å². The van der Waals surface area contributed by atoms with Crippen molar-refractivity contribution < 1.29 is 19.4 Å². The zero-order valence-corrected chi connectivity index (χ0v) is 13.0. The third kappa shape index (κ3) is 5.58. The van der Waals surface area contributed by atoms with E-state index in [-0.39, 0.29) is 19.1 Å². The Labute approximate surface area is 128 Å². The Hall–Kier alpha value is -1.84. The summed E-state index contributed by atoms with van der Waals surface area (Å²) in [5.41, 5.74) is 0. The molecule has 1 heterocycles. The fraction of sp³-hybridized carbons (Fsp3) is 0.467. The molecule has 6 heteroatoms. The molecule has 0 fully saturated rings. The number of carbonyl (C=O) groups is 2. The Morgan fingerprint density at radius 1 is 1.43 bits per heavy atom. The third-order valence-corrected chi connectivity index (χ3v) is 3.58. The summed E-state index contributed by atoms with van der Waals surface area (Å²) < 4.78 is 4.61. The number of aliphatic hydroxyl groups is 1. The number of rotatable bonds is 6. The number of hydrogen-bond acceptors (Lipinski definition) is 5. The summed E-state index contributed by atoms with van der Waals surface area (Å²) in [6.07, 6.45) is 1.17. The lowest BCUT2D eigenvalue weighted by molar-refractivity contribution is -0.141. The van der Waals surface area contributed by atoms with E-state index < -0.39 is 5.97 Å². The first-order valence-corrected chi connectivity index (χ1v) is 7.49. The minimum atomic E-state index is -0.434. The molecule has 114 valence electrons. The smallest absolute Gasteiger partial charge is 0.325 e. The normalized spacial score (nSPS) is 9.67. The van der Waals surface area contributed by atoms with Crippen LogP contribution in [0.1, 0.15) is 34.3 Å². The van der Waals surface area contributed by atoms with Gasteiger partial charge in [0.25, 0.3) is 5.91 Å². The average Bonchev–Trinajstić information content (AvgIpc) is 2.95. The second-order valence-corrected chi connectivity index (χ2v) is 5.33. The van der Waals surface area contributed by atoms with E-state index in [1.54, 1.807) is 12.1 Å². The molecule has 1 aromatic rings. The molecule has 21 heavy (non-hydrogen) atoms. The van der Waals surface area contributed by atoms with Crippen LogP contribution in [0, 0.1) is 11.8 Å². The predicted octanol–water partition coefficient (Wildman–Crippen LogP) is 1.51. The van der Waals surface area contributed by atoms with Crippen LogP contribution in [0.4, 0.5) is 0 Å². The average molecular weight is 309 g/mol. The van der Waals surface area contributed by atoms with E-state index >= 15 is 0 Å². The van der Waals surface area contributed by atoms with Crippen molar-refractivity contribution in [2.45, 2.75) is 19.8 Å². The Bertz CT molecular complexity index is 541. The van der Waals surface area contributed by atoms with Crippen molar-refractivity contribution in [2.75, 3.05) is 26.8 Å². The SMILES string of the molecule is CCCN(CC(=O)OC)C(=O)c1ccc(C#CCCO)s1. The van der Waals surface area contributed by atoms with Gasteiger partial charge in [-0.3, -0.25) is 9.59 Å². The van der Waals surface area contributed by atoms with Crippen molar-refractivity contribution >= 4 is 23.2 Å². The summed E-state index contributed by atoms with van der Waals surface area (Å²) in [6.45, 7) is 2.41. The lowest BCUT2D eigenvalue weighted by Gasteiger charge is -2.19. The van der Waals surface area contributed by atoms with Crippen LogP contribution < -0.4 is 0 Å². The lowest BCUT2D eigenvalue weighted by atomic mass is 10.3. The molecule has 0 spiro atoms. The highest BCUT2D eigenvalue weighted by Crippen LogP contribution is 2.18. The van der Waals surface area contributed by atoms with Gasteiger partial charge in [-0.25, -0.2) is 0 Å². The van der Waals surface area contributed by atoms with Crippen molar-refractivity contribution in [2.24, 2.45) is 0 Å². The number of carbonyl (C=O) groups excluding carboxylic acids is 2. The number of amides is 1. The maximum Gasteiger partial charge on any atom is 0.325 e. The van der Waals surface area contributed by atoms with E-state index in [0.717, 1.165) is 11.3 Å². The fourth-order valence-electron chi connectivity index (χ4n) is 1.62. The largest absolute Gasteiger partial charge is 0.468 e. The van der Waals surface area contributed by atoms with E-state index in [9.17, 15) is 9.59 Å². The molecule has 1 amide bonds. The third-order valence-electron chi connectivity index (χ3n) is 2.59. The number of hydrogen-bond donors (Lipinski definition) is 1. The maximum absolute atomic E-state index is 12.4. The fourth-order valence-corrected chi connectivity index (χ4v) is 2.47. The van der Waals surface area contributed by atoms with Crippen LogP contribution in [0.5, 0.6) is 0 Å². The highest BCUT2D eigenvalue weighted by molar-refractivity contribution is 7.14. The van der Waals surface area contributed by atoms with Crippen LogP contribution in [-0.2, 0) is 9.53 Å². The van der Waals surface area contributed by atoms with Crippen LogP contribution in [0.3, 0.4) is 0 Å². The molecule has 0 unspecified atom stereocenters. The molecule has 0 aliphatic rings. The topological polar surface area (TPSA) is 66.8 Å². The molecular formula is C15H19NO4S. The van der Waals surface area contributed by atoms with Gasteiger partial charge in [-0.1, -0.05) is 18.8 Å². The summed E-state index contributed by atoms with van der Waals surface area (Å²) in [4.78, 5) is 26.5. The van der Waals surface area contributed by atoms with Gasteiger partial charge in [-0.2, -0.15) is 0 Å². The van der Waals surface area contributed by atoms with Gasteiger partial charge < -0.3 is 14.7 Å². The van der Waals surface area contributed by atoms with E-state index in [1.165, 1.54) is 23.3 Å². The molecule has 0 aliphatic heterocycles. The number of aliphatic hydroxyl groups excluding tert-OH is 1. The predicted molar refractivity (Wildman–Crippen MR) is 81.1 cm³/mol. The molecule has 1 aromatic heterocycles. The highest BCUT2D eigenvalue weighted by Gasteiger charge is 2.19. The van der Waals surface area contributed by atoms with Crippen LogP contribution in [-0.4, -0.2) is 48.7 Å². The molecule has 0 aromatic carbocycles. The minimum Gasteiger partial charge on any atom is -0.468 e. The molecule has 1 N–H and O–H groups in total. The molecule has 0 radical (unpaired) electrons. The van der Waals surface area contributed by atoms with E-state index in [1.807, 2.05) is 6.92 Å². The van der Waals surface area contributed by atoms with Gasteiger partial charge in [0.15, 0.2) is 0 Å². The van der Waals surface area contributed by atoms with Gasteiger partial charge in [0.2, 0.25) is 0 Å². The first kappa shape index (κ1) is 17.2. The first-order chi connectivity index (χ1) is 10.1. The van der Waals surface area contributed by atoms with E-state index in [4.69, 9.17) is 5.11 Å². The summed E-state index contributed by atoms with van der Waals surface area (Å²) in [6, 6.07) is 3.47. The quantitative estimate of drug-likeness (QED) is 0.639. The van der Waals surface area contributed by atoms with Gasteiger partial charge in [0.1, 0.15) is 6.54 Å². The van der Waals surface area contributed by atoms with E-state index in [0.29, 0.717) is 17.8 Å². The zero-order chi connectivity index (χ0) is 15.7. The van der Waals surface area contributed by atoms with Gasteiger partial charge in [0, 0.05) is 13.0 Å². The second kappa shape index (κ2) is 9.16. The Balaban J connectivity index is 2.79. The Morgan fingerprint density at radius 2 is 2.19 bits per heavy atom. The minimum absolute atomic E-state index is 0.0214. The molecule has 5 nitrogen and oxygen atoms in total. The number of thiophene rings is 1. The van der Waals surface area contributed by atoms with Gasteiger partial charge in [0.05, 0.1) is 23.5 Å². The first-order valence-electron chi connectivity index (χ1n) is 6.68. The molecule has 0 aliphatic carbocycles. The standard InChI is InChI=1S/C15H19NO4S/c1-3-9-16(11-14(18)20-2)15(19)13-8-7-12(21-13)6-4-5-10-17/h7-8,17H,3,5,9-11H2,1-2H3. The number of nitrogens with zero attached hydrogens (tertiary/aromatic N) is 1. The van der Waals surface area contributed by atoms with Crippen molar-refractivity contribution in [3.05, 3.63) is 21.9 Å². The van der Waals surface area contributed by atoms with Crippen molar-refractivity contribution in [3.8, 4) is 11.8 Å². The lowest BCUT2D eigenvalue weighted by Crippen LogP contribution is -2.36. The Kier molecular flexibility index (Phi) is 7.51. The summed E-state index contributed by atoms with van der Waals surface area (Å²) in [7, 11) is 1.30. The van der Waals surface area contributed by atoms with Crippen molar-refractivity contribution in [3.63, 3.8) is 0 Å². The zero-order valence-electron chi connectivity index (χ0n) is 12.2. The van der Waals surface area contributed by atoms with E-state index in [2.05, 4.69) is 16.6 Å². The summed E-state index contributed by atoms with van der Waals surface area (Å²) >= 11 is 1.28. The monoisotopic (exact) mass is 309 g/mol. The summed E-state index contributed by atoms with van der Waals surface area (Å²) in [5.74, 6) is 5.07. The van der Waals surface area contributed by atoms with Crippen LogP contribution >= 0.6 is 11.3 Å². The maximum atomic E-state index is 12.4. The summed E-state index contributed by atoms with van der Waals surface area (Å²) in [5, 5.41) is 8.67.